The van der Waals surface area contributed by atoms with Crippen molar-refractivity contribution < 1.29 is 5.11 Å². The molecule has 3 aromatic carbocycles. The summed E-state index contributed by atoms with van der Waals surface area (Å²) >= 11 is 0. The van der Waals surface area contributed by atoms with Crippen molar-refractivity contribution in [2.75, 3.05) is 0 Å². The van der Waals surface area contributed by atoms with Gasteiger partial charge in [0, 0.05) is 17.0 Å². The van der Waals surface area contributed by atoms with Crippen LogP contribution in [0.4, 0.5) is 0 Å². The average molecular weight is 403 g/mol. The lowest BCUT2D eigenvalue weighted by Gasteiger charge is -2.22. The third-order valence-corrected chi connectivity index (χ3v) is 6.67. The van der Waals surface area contributed by atoms with Crippen molar-refractivity contribution in [3.63, 3.8) is 0 Å². The normalized spacial score (nSPS) is 16.5. The van der Waals surface area contributed by atoms with Crippen LogP contribution in [0.3, 0.4) is 0 Å². The van der Waals surface area contributed by atoms with E-state index in [0.717, 1.165) is 35.6 Å². The number of nitrogens with zero attached hydrogens (tertiary/aromatic N) is 1. The van der Waals surface area contributed by atoms with Crippen molar-refractivity contribution in [2.24, 2.45) is 0 Å². The molecular formula is C28H21NO2. The van der Waals surface area contributed by atoms with Gasteiger partial charge in [-0.15, -0.1) is 0 Å². The minimum atomic E-state index is -0.154. The number of aromatic hydroxyl groups is 1. The lowest BCUT2D eigenvalue weighted by atomic mass is 9.82. The molecule has 1 atom stereocenters. The summed E-state index contributed by atoms with van der Waals surface area (Å²) in [6.45, 7) is 0. The Balaban J connectivity index is 1.51. The molecule has 0 bridgehead atoms. The first-order valence-corrected chi connectivity index (χ1v) is 10.7. The molecular weight excluding hydrogens is 382 g/mol. The van der Waals surface area contributed by atoms with Crippen molar-refractivity contribution in [1.29, 1.82) is 0 Å². The van der Waals surface area contributed by atoms with E-state index in [1.165, 1.54) is 26.8 Å². The highest BCUT2D eigenvalue weighted by molar-refractivity contribution is 5.80. The molecule has 0 amide bonds. The van der Waals surface area contributed by atoms with Crippen LogP contribution < -0.4 is 16.0 Å². The fourth-order valence-electron chi connectivity index (χ4n) is 5.08. The van der Waals surface area contributed by atoms with Gasteiger partial charge in [0.25, 0.3) is 5.56 Å². The monoisotopic (exact) mass is 403 g/mol. The molecule has 1 aromatic heterocycles. The highest BCUT2D eigenvalue weighted by atomic mass is 16.3. The third-order valence-electron chi connectivity index (χ3n) is 6.67. The number of fused-ring (bicyclic) bond motifs is 5. The Morgan fingerprint density at radius 2 is 1.71 bits per heavy atom. The van der Waals surface area contributed by atoms with Crippen LogP contribution in [0.5, 0.6) is 5.75 Å². The molecule has 2 aliphatic carbocycles. The molecule has 4 aromatic rings. The Hall–Kier alpha value is -3.72. The van der Waals surface area contributed by atoms with Crippen molar-refractivity contribution in [1.82, 2.24) is 4.98 Å². The van der Waals surface area contributed by atoms with Gasteiger partial charge >= 0.3 is 0 Å². The fraction of sp³-hybridized carbons (Fsp3) is 0.143. The molecule has 3 nitrogen and oxygen atoms in total. The van der Waals surface area contributed by atoms with Gasteiger partial charge in [-0.25, -0.2) is 4.98 Å². The minimum Gasteiger partial charge on any atom is -0.508 e. The minimum absolute atomic E-state index is 0.154. The van der Waals surface area contributed by atoms with E-state index in [9.17, 15) is 9.90 Å². The highest BCUT2D eigenvalue weighted by Gasteiger charge is 2.21. The van der Waals surface area contributed by atoms with Crippen LogP contribution in [-0.4, -0.2) is 10.1 Å². The molecule has 150 valence electrons. The summed E-state index contributed by atoms with van der Waals surface area (Å²) in [5.41, 5.74) is 3.42. The van der Waals surface area contributed by atoms with Crippen LogP contribution in [0, 0.1) is 10.4 Å². The van der Waals surface area contributed by atoms with Crippen molar-refractivity contribution in [2.45, 2.75) is 25.2 Å². The van der Waals surface area contributed by atoms with E-state index in [1.807, 2.05) is 48.5 Å². The van der Waals surface area contributed by atoms with Crippen molar-refractivity contribution in [3.05, 3.63) is 115 Å². The van der Waals surface area contributed by atoms with Gasteiger partial charge in [0.1, 0.15) is 5.75 Å². The van der Waals surface area contributed by atoms with Crippen LogP contribution >= 0.6 is 0 Å². The van der Waals surface area contributed by atoms with Gasteiger partial charge in [-0.2, -0.15) is 0 Å². The van der Waals surface area contributed by atoms with Gasteiger partial charge in [0.15, 0.2) is 0 Å². The Bertz CT molecular complexity index is 1650. The molecule has 31 heavy (non-hydrogen) atoms. The molecule has 2 aliphatic rings. The topological polar surface area (TPSA) is 50.2 Å². The smallest absolute Gasteiger partial charge is 0.277 e. The molecule has 0 aliphatic heterocycles. The Morgan fingerprint density at radius 3 is 2.65 bits per heavy atom. The molecule has 0 fully saturated rings. The predicted octanol–water partition coefficient (Wildman–Crippen LogP) is 3.43. The fourth-order valence-corrected chi connectivity index (χ4v) is 5.08. The number of hydrogen-bond acceptors (Lipinski definition) is 3. The number of aromatic nitrogens is 1. The molecule has 1 N–H and O–H groups in total. The van der Waals surface area contributed by atoms with Crippen LogP contribution in [0.1, 0.15) is 29.2 Å². The maximum atomic E-state index is 12.7. The molecule has 0 saturated carbocycles. The largest absolute Gasteiger partial charge is 0.508 e. The Labute approximate surface area is 179 Å². The van der Waals surface area contributed by atoms with Gasteiger partial charge < -0.3 is 5.11 Å². The summed E-state index contributed by atoms with van der Waals surface area (Å²) < 4.78 is 0. The maximum Gasteiger partial charge on any atom is 0.277 e. The number of rotatable bonds is 1. The molecule has 0 saturated heterocycles. The second-order valence-corrected chi connectivity index (χ2v) is 8.44. The highest BCUT2D eigenvalue weighted by Crippen LogP contribution is 2.28. The Kier molecular flexibility index (Phi) is 4.03. The van der Waals surface area contributed by atoms with Crippen molar-refractivity contribution in [3.8, 4) is 5.75 Å². The van der Waals surface area contributed by atoms with Gasteiger partial charge in [-0.05, 0) is 80.9 Å². The van der Waals surface area contributed by atoms with E-state index >= 15 is 0 Å². The second kappa shape index (κ2) is 6.92. The van der Waals surface area contributed by atoms with Crippen LogP contribution in [0.2, 0.25) is 0 Å². The summed E-state index contributed by atoms with van der Waals surface area (Å²) in [4.78, 5) is 17.2. The molecule has 6 rings (SSSR count). The zero-order chi connectivity index (χ0) is 20.9. The summed E-state index contributed by atoms with van der Waals surface area (Å²) in [5.74, 6) is 0.489. The van der Waals surface area contributed by atoms with Crippen LogP contribution in [-0.2, 0) is 12.8 Å². The summed E-state index contributed by atoms with van der Waals surface area (Å²) in [7, 11) is 0. The first-order valence-electron chi connectivity index (χ1n) is 10.7. The van der Waals surface area contributed by atoms with Gasteiger partial charge in [0.2, 0.25) is 0 Å². The maximum absolute atomic E-state index is 12.7. The van der Waals surface area contributed by atoms with E-state index in [0.29, 0.717) is 11.1 Å². The van der Waals surface area contributed by atoms with Gasteiger partial charge in [-0.1, -0.05) is 54.6 Å². The van der Waals surface area contributed by atoms with Crippen molar-refractivity contribution >= 4 is 22.9 Å². The third kappa shape index (κ3) is 2.97. The molecule has 3 heteroatoms. The molecule has 1 heterocycles. The van der Waals surface area contributed by atoms with E-state index in [4.69, 9.17) is 0 Å². The zero-order valence-electron chi connectivity index (χ0n) is 17.0. The molecule has 0 radical (unpaired) electrons. The van der Waals surface area contributed by atoms with Crippen LogP contribution in [0.15, 0.2) is 71.5 Å². The summed E-state index contributed by atoms with van der Waals surface area (Å²) in [6, 6.07) is 21.7. The van der Waals surface area contributed by atoms with E-state index in [-0.39, 0.29) is 11.5 Å². The van der Waals surface area contributed by atoms with Gasteiger partial charge in [-0.3, -0.25) is 4.79 Å². The zero-order valence-corrected chi connectivity index (χ0v) is 17.0. The molecule has 0 spiro atoms. The van der Waals surface area contributed by atoms with Crippen LogP contribution in [0.25, 0.3) is 22.9 Å². The first-order chi connectivity index (χ1) is 15.2. The number of hydrogen-bond donors (Lipinski definition) is 1. The Morgan fingerprint density at radius 1 is 0.839 bits per heavy atom. The number of benzene rings is 3. The summed E-state index contributed by atoms with van der Waals surface area (Å²) in [6.07, 6.45) is 7.09. The SMILES string of the molecule is O=c1nc(C2CC=c3ccc4c(c3C2)CC=c2cc(O)ccc2=4)ccc2ccccc12. The van der Waals surface area contributed by atoms with E-state index in [2.05, 4.69) is 29.3 Å². The number of phenolic OH excluding ortho intramolecular Hbond substituents is 1. The number of phenols is 1. The first kappa shape index (κ1) is 18.1. The lowest BCUT2D eigenvalue weighted by molar-refractivity contribution is 0.474. The predicted molar refractivity (Wildman–Crippen MR) is 123 cm³/mol. The average Bonchev–Trinajstić information content (AvgIpc) is 2.97. The summed E-state index contributed by atoms with van der Waals surface area (Å²) in [5, 5.41) is 16.2. The standard InChI is InChI=1S/C28H21NO2/c30-21-10-13-22-19(15-21)8-12-25-24(22)11-7-18-5-6-20(16-26(18)25)27-14-9-17-3-1-2-4-23(17)28(31)29-27/h1-5,7-11,13-15,20,30H,6,12,16H2. The molecule has 1 unspecified atom stereocenters. The lowest BCUT2D eigenvalue weighted by Crippen LogP contribution is -2.24. The second-order valence-electron chi connectivity index (χ2n) is 8.44. The van der Waals surface area contributed by atoms with E-state index < -0.39 is 0 Å². The quantitative estimate of drug-likeness (QED) is 0.530. The van der Waals surface area contributed by atoms with E-state index in [1.54, 1.807) is 6.07 Å². The van der Waals surface area contributed by atoms with Gasteiger partial charge in [0.05, 0.1) is 0 Å².